The zero-order chi connectivity index (χ0) is 17.4. The predicted octanol–water partition coefficient (Wildman–Crippen LogP) is 1.38. The third kappa shape index (κ3) is 4.82. The number of aliphatic hydroxyl groups excluding tert-OH is 1. The van der Waals surface area contributed by atoms with E-state index in [2.05, 4.69) is 10.1 Å². The highest BCUT2D eigenvalue weighted by Gasteiger charge is 2.20. The van der Waals surface area contributed by atoms with Gasteiger partial charge in [0, 0.05) is 0 Å². The Balaban J connectivity index is 1.88. The predicted molar refractivity (Wildman–Crippen MR) is 88.4 cm³/mol. The van der Waals surface area contributed by atoms with Gasteiger partial charge >= 0.3 is 5.97 Å². The molecule has 0 fully saturated rings. The van der Waals surface area contributed by atoms with E-state index in [1.807, 2.05) is 42.5 Å². The van der Waals surface area contributed by atoms with Crippen molar-refractivity contribution < 1.29 is 24.2 Å². The summed E-state index contributed by atoms with van der Waals surface area (Å²) >= 11 is 0. The second-order valence-electron chi connectivity index (χ2n) is 5.00. The standard InChI is InChI=1S/C18H19NO5/c1-23-18(22)16(11-20)19-17(21)12-24-15-9-7-14(8-10-15)13-5-3-2-4-6-13/h2-10,16,20H,11-12H2,1H3,(H,19,21)/t16-/m0/s1. The molecule has 0 aliphatic carbocycles. The van der Waals surface area contributed by atoms with Crippen LogP contribution in [-0.4, -0.2) is 43.3 Å². The topological polar surface area (TPSA) is 84.9 Å². The smallest absolute Gasteiger partial charge is 0.330 e. The molecule has 0 saturated heterocycles. The molecule has 0 aliphatic heterocycles. The van der Waals surface area contributed by atoms with Crippen LogP contribution in [-0.2, 0) is 14.3 Å². The minimum absolute atomic E-state index is 0.266. The van der Waals surface area contributed by atoms with E-state index in [-0.39, 0.29) is 6.61 Å². The maximum Gasteiger partial charge on any atom is 0.330 e. The molecule has 0 radical (unpaired) electrons. The van der Waals surface area contributed by atoms with Gasteiger partial charge in [-0.3, -0.25) is 4.79 Å². The molecule has 0 saturated carbocycles. The molecule has 126 valence electrons. The lowest BCUT2D eigenvalue weighted by Crippen LogP contribution is -2.45. The zero-order valence-corrected chi connectivity index (χ0v) is 13.3. The van der Waals surface area contributed by atoms with Gasteiger partial charge in [0.05, 0.1) is 13.7 Å². The number of nitrogens with one attached hydrogen (secondary N) is 1. The molecule has 2 rings (SSSR count). The van der Waals surface area contributed by atoms with Gasteiger partial charge in [0.25, 0.3) is 5.91 Å². The van der Waals surface area contributed by atoms with Gasteiger partial charge in [-0.25, -0.2) is 4.79 Å². The van der Waals surface area contributed by atoms with Crippen LogP contribution in [0, 0.1) is 0 Å². The Kier molecular flexibility index (Phi) is 6.33. The van der Waals surface area contributed by atoms with Crippen molar-refractivity contribution >= 4 is 11.9 Å². The monoisotopic (exact) mass is 329 g/mol. The van der Waals surface area contributed by atoms with E-state index in [4.69, 9.17) is 9.84 Å². The van der Waals surface area contributed by atoms with Gasteiger partial charge in [-0.2, -0.15) is 0 Å². The fourth-order valence-electron chi connectivity index (χ4n) is 2.08. The number of hydrogen-bond donors (Lipinski definition) is 2. The molecule has 6 nitrogen and oxygen atoms in total. The van der Waals surface area contributed by atoms with Crippen molar-refractivity contribution in [2.75, 3.05) is 20.3 Å². The number of hydrogen-bond acceptors (Lipinski definition) is 5. The van der Waals surface area contributed by atoms with Crippen molar-refractivity contribution in [1.29, 1.82) is 0 Å². The molecular weight excluding hydrogens is 310 g/mol. The molecule has 24 heavy (non-hydrogen) atoms. The number of benzene rings is 2. The summed E-state index contributed by atoms with van der Waals surface area (Å²) in [5.41, 5.74) is 2.13. The maximum atomic E-state index is 11.7. The number of carbonyl (C=O) groups excluding carboxylic acids is 2. The fourth-order valence-corrected chi connectivity index (χ4v) is 2.08. The first-order chi connectivity index (χ1) is 11.6. The van der Waals surface area contributed by atoms with Gasteiger partial charge in [-0.15, -0.1) is 0 Å². The molecular formula is C18H19NO5. The van der Waals surface area contributed by atoms with Crippen molar-refractivity contribution in [1.82, 2.24) is 5.32 Å². The minimum Gasteiger partial charge on any atom is -0.484 e. The van der Waals surface area contributed by atoms with Crippen LogP contribution in [0.4, 0.5) is 0 Å². The van der Waals surface area contributed by atoms with Crippen LogP contribution in [0.3, 0.4) is 0 Å². The molecule has 1 amide bonds. The molecule has 0 bridgehead atoms. The van der Waals surface area contributed by atoms with Gasteiger partial charge in [-0.05, 0) is 23.3 Å². The highest BCUT2D eigenvalue weighted by atomic mass is 16.5. The van der Waals surface area contributed by atoms with Gasteiger partial charge in [0.2, 0.25) is 0 Å². The molecule has 2 N–H and O–H groups in total. The Morgan fingerprint density at radius 2 is 1.67 bits per heavy atom. The molecule has 1 atom stereocenters. The van der Waals surface area contributed by atoms with E-state index in [0.717, 1.165) is 11.1 Å². The number of carbonyl (C=O) groups is 2. The number of aliphatic hydroxyl groups is 1. The van der Waals surface area contributed by atoms with Crippen molar-refractivity contribution in [3.8, 4) is 16.9 Å². The second-order valence-corrected chi connectivity index (χ2v) is 5.00. The van der Waals surface area contributed by atoms with Crippen LogP contribution < -0.4 is 10.1 Å². The van der Waals surface area contributed by atoms with E-state index in [0.29, 0.717) is 5.75 Å². The van der Waals surface area contributed by atoms with Crippen molar-refractivity contribution in [2.45, 2.75) is 6.04 Å². The SMILES string of the molecule is COC(=O)[C@H](CO)NC(=O)COc1ccc(-c2ccccc2)cc1. The van der Waals surface area contributed by atoms with E-state index < -0.39 is 24.5 Å². The van der Waals surface area contributed by atoms with E-state index in [1.54, 1.807) is 12.1 Å². The lowest BCUT2D eigenvalue weighted by Gasteiger charge is -2.14. The summed E-state index contributed by atoms with van der Waals surface area (Å²) in [5.74, 6) is -0.701. The number of methoxy groups -OCH3 is 1. The molecule has 0 unspecified atom stereocenters. The lowest BCUT2D eigenvalue weighted by atomic mass is 10.1. The van der Waals surface area contributed by atoms with Gasteiger partial charge in [0.1, 0.15) is 5.75 Å². The average Bonchev–Trinajstić information content (AvgIpc) is 2.65. The van der Waals surface area contributed by atoms with E-state index in [9.17, 15) is 9.59 Å². The van der Waals surface area contributed by atoms with E-state index in [1.165, 1.54) is 7.11 Å². The Bertz CT molecular complexity index is 670. The van der Waals surface area contributed by atoms with Gasteiger partial charge < -0.3 is 19.9 Å². The minimum atomic E-state index is -1.09. The average molecular weight is 329 g/mol. The van der Waals surface area contributed by atoms with Crippen LogP contribution in [0.2, 0.25) is 0 Å². The molecule has 0 aromatic heterocycles. The van der Waals surface area contributed by atoms with Gasteiger partial charge in [-0.1, -0.05) is 42.5 Å². The highest BCUT2D eigenvalue weighted by Crippen LogP contribution is 2.21. The summed E-state index contributed by atoms with van der Waals surface area (Å²) in [6.45, 7) is -0.803. The highest BCUT2D eigenvalue weighted by molar-refractivity contribution is 5.85. The zero-order valence-electron chi connectivity index (χ0n) is 13.3. The lowest BCUT2D eigenvalue weighted by molar-refractivity contribution is -0.146. The first-order valence-electron chi connectivity index (χ1n) is 7.40. The summed E-state index contributed by atoms with van der Waals surface area (Å²) in [6.07, 6.45) is 0. The Labute approximate surface area is 140 Å². The first kappa shape index (κ1) is 17.5. The molecule has 0 spiro atoms. The summed E-state index contributed by atoms with van der Waals surface area (Å²) in [7, 11) is 1.18. The first-order valence-corrected chi connectivity index (χ1v) is 7.40. The number of rotatable bonds is 7. The molecule has 2 aromatic carbocycles. The van der Waals surface area contributed by atoms with Crippen molar-refractivity contribution in [3.63, 3.8) is 0 Å². The maximum absolute atomic E-state index is 11.7. The summed E-state index contributed by atoms with van der Waals surface area (Å²) in [6, 6.07) is 16.1. The fraction of sp³-hybridized carbons (Fsp3) is 0.222. The third-order valence-electron chi connectivity index (χ3n) is 3.33. The quantitative estimate of drug-likeness (QED) is 0.750. The van der Waals surface area contributed by atoms with Crippen LogP contribution in [0.5, 0.6) is 5.75 Å². The molecule has 0 aliphatic rings. The summed E-state index contributed by atoms with van der Waals surface area (Å²) < 4.78 is 9.84. The number of esters is 1. The van der Waals surface area contributed by atoms with Crippen molar-refractivity contribution in [3.05, 3.63) is 54.6 Å². The van der Waals surface area contributed by atoms with Crippen molar-refractivity contribution in [2.24, 2.45) is 0 Å². The molecule has 0 heterocycles. The summed E-state index contributed by atoms with van der Waals surface area (Å²) in [4.78, 5) is 23.0. The van der Waals surface area contributed by atoms with E-state index >= 15 is 0 Å². The summed E-state index contributed by atoms with van der Waals surface area (Å²) in [5, 5.41) is 11.4. The Hall–Kier alpha value is -2.86. The number of amides is 1. The normalized spacial score (nSPS) is 11.4. The van der Waals surface area contributed by atoms with Crippen LogP contribution >= 0.6 is 0 Å². The Morgan fingerprint density at radius 1 is 1.04 bits per heavy atom. The van der Waals surface area contributed by atoms with Crippen LogP contribution in [0.15, 0.2) is 54.6 Å². The largest absolute Gasteiger partial charge is 0.484 e. The second kappa shape index (κ2) is 8.69. The molecule has 6 heteroatoms. The van der Waals surface area contributed by atoms with Crippen LogP contribution in [0.25, 0.3) is 11.1 Å². The Morgan fingerprint density at radius 3 is 2.25 bits per heavy atom. The molecule has 2 aromatic rings. The number of ether oxygens (including phenoxy) is 2. The third-order valence-corrected chi connectivity index (χ3v) is 3.33. The van der Waals surface area contributed by atoms with Gasteiger partial charge in [0.15, 0.2) is 12.6 Å². The van der Waals surface area contributed by atoms with Crippen LogP contribution in [0.1, 0.15) is 0 Å².